The standard InChI is InChI=1S/C8H7ClF3NO/c9-5-1-2-7(13-4-14)6(3-5)8(10,11)12/h1-3,13-14H,4H2. The minimum absolute atomic E-state index is 0.000754. The van der Waals surface area contributed by atoms with E-state index in [1.807, 2.05) is 0 Å². The zero-order valence-electron chi connectivity index (χ0n) is 6.90. The first kappa shape index (κ1) is 11.1. The van der Waals surface area contributed by atoms with E-state index in [4.69, 9.17) is 16.7 Å². The summed E-state index contributed by atoms with van der Waals surface area (Å²) in [5.74, 6) is 0. The van der Waals surface area contributed by atoms with Gasteiger partial charge < -0.3 is 10.4 Å². The molecule has 78 valence electrons. The molecule has 0 spiro atoms. The zero-order chi connectivity index (χ0) is 10.8. The lowest BCUT2D eigenvalue weighted by Crippen LogP contribution is -2.11. The number of aliphatic hydroxyl groups excluding tert-OH is 1. The summed E-state index contributed by atoms with van der Waals surface area (Å²) in [6.07, 6.45) is -4.48. The van der Waals surface area contributed by atoms with Crippen LogP contribution in [0.3, 0.4) is 0 Å². The molecule has 0 saturated carbocycles. The highest BCUT2D eigenvalue weighted by molar-refractivity contribution is 6.30. The molecule has 14 heavy (non-hydrogen) atoms. The van der Waals surface area contributed by atoms with E-state index in [1.54, 1.807) is 0 Å². The van der Waals surface area contributed by atoms with Gasteiger partial charge in [-0.2, -0.15) is 13.2 Å². The Morgan fingerprint density at radius 1 is 1.36 bits per heavy atom. The fourth-order valence-corrected chi connectivity index (χ4v) is 1.16. The minimum atomic E-state index is -4.48. The van der Waals surface area contributed by atoms with Crippen molar-refractivity contribution in [1.29, 1.82) is 0 Å². The Balaban J connectivity index is 3.16. The second-order valence-corrected chi connectivity index (χ2v) is 2.96. The lowest BCUT2D eigenvalue weighted by molar-refractivity contribution is -0.137. The predicted octanol–water partition coefficient (Wildman–Crippen LogP) is 2.72. The third kappa shape index (κ3) is 2.52. The van der Waals surface area contributed by atoms with Crippen LogP contribution in [-0.2, 0) is 6.18 Å². The van der Waals surface area contributed by atoms with Crippen molar-refractivity contribution in [3.8, 4) is 0 Å². The van der Waals surface area contributed by atoms with E-state index in [-0.39, 0.29) is 10.7 Å². The molecule has 1 aromatic carbocycles. The van der Waals surface area contributed by atoms with Gasteiger partial charge in [0.05, 0.1) is 5.56 Å². The second kappa shape index (κ2) is 4.06. The molecule has 0 aliphatic heterocycles. The molecule has 0 aliphatic rings. The molecular weight excluding hydrogens is 219 g/mol. The van der Waals surface area contributed by atoms with Crippen LogP contribution in [0.5, 0.6) is 0 Å². The third-order valence-corrected chi connectivity index (χ3v) is 1.79. The molecule has 2 nitrogen and oxygen atoms in total. The molecule has 0 fully saturated rings. The van der Waals surface area contributed by atoms with E-state index in [1.165, 1.54) is 12.1 Å². The highest BCUT2D eigenvalue weighted by Crippen LogP contribution is 2.36. The van der Waals surface area contributed by atoms with Crippen molar-refractivity contribution in [2.24, 2.45) is 0 Å². The number of hydrogen-bond acceptors (Lipinski definition) is 2. The number of nitrogens with one attached hydrogen (secondary N) is 1. The van der Waals surface area contributed by atoms with Crippen LogP contribution in [0.4, 0.5) is 18.9 Å². The Bertz CT molecular complexity index is 327. The number of benzene rings is 1. The number of anilines is 1. The smallest absolute Gasteiger partial charge is 0.377 e. The van der Waals surface area contributed by atoms with Gasteiger partial charge in [-0.1, -0.05) is 11.6 Å². The van der Waals surface area contributed by atoms with Crippen LogP contribution < -0.4 is 5.32 Å². The third-order valence-electron chi connectivity index (χ3n) is 1.56. The Morgan fingerprint density at radius 2 is 2.00 bits per heavy atom. The molecule has 0 heterocycles. The maximum Gasteiger partial charge on any atom is 0.418 e. The monoisotopic (exact) mass is 225 g/mol. The molecule has 1 rings (SSSR count). The first-order chi connectivity index (χ1) is 6.45. The van der Waals surface area contributed by atoms with Crippen LogP contribution in [0.2, 0.25) is 5.02 Å². The SMILES string of the molecule is OCNc1ccc(Cl)cc1C(F)(F)F. The van der Waals surface area contributed by atoms with Crippen molar-refractivity contribution in [1.82, 2.24) is 0 Å². The average Bonchev–Trinajstić information content (AvgIpc) is 2.07. The largest absolute Gasteiger partial charge is 0.418 e. The number of halogens is 4. The first-order valence-electron chi connectivity index (χ1n) is 3.66. The Labute approximate surface area is 83.3 Å². The fraction of sp³-hybridized carbons (Fsp3) is 0.250. The number of rotatable bonds is 2. The van der Waals surface area contributed by atoms with Crippen LogP contribution in [-0.4, -0.2) is 11.8 Å². The zero-order valence-corrected chi connectivity index (χ0v) is 7.65. The molecule has 0 saturated heterocycles. The molecule has 0 aliphatic carbocycles. The van der Waals surface area contributed by atoms with Crippen molar-refractivity contribution in [2.75, 3.05) is 12.0 Å². The van der Waals surface area contributed by atoms with Gasteiger partial charge in [-0.25, -0.2) is 0 Å². The molecule has 0 bridgehead atoms. The number of hydrogen-bond donors (Lipinski definition) is 2. The minimum Gasteiger partial charge on any atom is -0.377 e. The highest BCUT2D eigenvalue weighted by atomic mass is 35.5. The normalized spacial score (nSPS) is 11.5. The molecule has 1 aromatic rings. The van der Waals surface area contributed by atoms with E-state index < -0.39 is 18.5 Å². The quantitative estimate of drug-likeness (QED) is 0.759. The van der Waals surface area contributed by atoms with Crippen LogP contribution in [0.15, 0.2) is 18.2 Å². The lowest BCUT2D eigenvalue weighted by atomic mass is 10.1. The Hall–Kier alpha value is -0.940. The van der Waals surface area contributed by atoms with E-state index >= 15 is 0 Å². The Kier molecular flexibility index (Phi) is 3.23. The highest BCUT2D eigenvalue weighted by Gasteiger charge is 2.33. The molecule has 0 unspecified atom stereocenters. The summed E-state index contributed by atoms with van der Waals surface area (Å²) < 4.78 is 37.1. The maximum absolute atomic E-state index is 12.4. The summed E-state index contributed by atoms with van der Waals surface area (Å²) in [5.41, 5.74) is -1.08. The molecule has 0 atom stereocenters. The molecule has 0 amide bonds. The summed E-state index contributed by atoms with van der Waals surface area (Å²) in [4.78, 5) is 0. The molecule has 2 N–H and O–H groups in total. The average molecular weight is 226 g/mol. The van der Waals surface area contributed by atoms with Gasteiger partial charge in [0.25, 0.3) is 0 Å². The number of aliphatic hydroxyl groups is 1. The molecule has 0 radical (unpaired) electrons. The van der Waals surface area contributed by atoms with E-state index in [9.17, 15) is 13.2 Å². The van der Waals surface area contributed by atoms with Crippen LogP contribution in [0.1, 0.15) is 5.56 Å². The molecule has 0 aromatic heterocycles. The van der Waals surface area contributed by atoms with E-state index in [0.717, 1.165) is 6.07 Å². The van der Waals surface area contributed by atoms with Gasteiger partial charge in [0, 0.05) is 10.7 Å². The van der Waals surface area contributed by atoms with Gasteiger partial charge in [-0.05, 0) is 18.2 Å². The van der Waals surface area contributed by atoms with Gasteiger partial charge in [0.2, 0.25) is 0 Å². The molecular formula is C8H7ClF3NO. The topological polar surface area (TPSA) is 32.3 Å². The van der Waals surface area contributed by atoms with Crippen molar-refractivity contribution in [3.05, 3.63) is 28.8 Å². The summed E-state index contributed by atoms with van der Waals surface area (Å²) in [5, 5.41) is 10.7. The summed E-state index contributed by atoms with van der Waals surface area (Å²) in [6.45, 7) is -0.565. The van der Waals surface area contributed by atoms with Crippen molar-refractivity contribution < 1.29 is 18.3 Å². The fourth-order valence-electron chi connectivity index (χ4n) is 0.990. The van der Waals surface area contributed by atoms with Gasteiger partial charge in [0.15, 0.2) is 0 Å². The lowest BCUT2D eigenvalue weighted by Gasteiger charge is -2.13. The van der Waals surface area contributed by atoms with Crippen LogP contribution in [0, 0.1) is 0 Å². The van der Waals surface area contributed by atoms with E-state index in [2.05, 4.69) is 5.32 Å². The van der Waals surface area contributed by atoms with Crippen molar-refractivity contribution in [3.63, 3.8) is 0 Å². The molecule has 6 heteroatoms. The Morgan fingerprint density at radius 3 is 2.50 bits per heavy atom. The second-order valence-electron chi connectivity index (χ2n) is 2.52. The maximum atomic E-state index is 12.4. The predicted molar refractivity (Wildman–Crippen MR) is 47.2 cm³/mol. The first-order valence-corrected chi connectivity index (χ1v) is 4.04. The summed E-state index contributed by atoms with van der Waals surface area (Å²) in [7, 11) is 0. The van der Waals surface area contributed by atoms with Crippen LogP contribution >= 0.6 is 11.6 Å². The van der Waals surface area contributed by atoms with Gasteiger partial charge in [-0.3, -0.25) is 0 Å². The van der Waals surface area contributed by atoms with Crippen molar-refractivity contribution in [2.45, 2.75) is 6.18 Å². The number of alkyl halides is 3. The van der Waals surface area contributed by atoms with Crippen molar-refractivity contribution >= 4 is 17.3 Å². The van der Waals surface area contributed by atoms with E-state index in [0.29, 0.717) is 0 Å². The van der Waals surface area contributed by atoms with Gasteiger partial charge >= 0.3 is 6.18 Å². The van der Waals surface area contributed by atoms with Gasteiger partial charge in [0.1, 0.15) is 6.73 Å². The van der Waals surface area contributed by atoms with Crippen LogP contribution in [0.25, 0.3) is 0 Å². The summed E-state index contributed by atoms with van der Waals surface area (Å²) >= 11 is 5.43. The van der Waals surface area contributed by atoms with Gasteiger partial charge in [-0.15, -0.1) is 0 Å². The summed E-state index contributed by atoms with van der Waals surface area (Å²) in [6, 6.07) is 3.29.